The topological polar surface area (TPSA) is 29.1 Å². The zero-order chi connectivity index (χ0) is 7.61. The fraction of sp³-hybridized carbons (Fsp3) is 0.833. The standard InChI is InChI=1S/C6H9F2NO/c7-6(8)2-1-5(3-6)9-4-10/h4-5H,1-3H2,(H,9,10). The van der Waals surface area contributed by atoms with Gasteiger partial charge in [-0.15, -0.1) is 0 Å². The Morgan fingerprint density at radius 1 is 1.60 bits per heavy atom. The molecule has 1 rings (SSSR count). The van der Waals surface area contributed by atoms with Gasteiger partial charge in [0.05, 0.1) is 0 Å². The molecule has 1 saturated carbocycles. The molecule has 4 heteroatoms. The molecule has 0 bridgehead atoms. The van der Waals surface area contributed by atoms with E-state index in [1.54, 1.807) is 0 Å². The van der Waals surface area contributed by atoms with Crippen molar-refractivity contribution < 1.29 is 13.6 Å². The molecule has 1 amide bonds. The summed E-state index contributed by atoms with van der Waals surface area (Å²) >= 11 is 0. The minimum atomic E-state index is -2.55. The Bertz CT molecular complexity index is 138. The molecule has 0 heterocycles. The van der Waals surface area contributed by atoms with E-state index in [2.05, 4.69) is 5.32 Å². The molecule has 0 saturated heterocycles. The number of carbonyl (C=O) groups excluding carboxylic acids is 1. The van der Waals surface area contributed by atoms with Crippen molar-refractivity contribution in [1.29, 1.82) is 0 Å². The van der Waals surface area contributed by atoms with Crippen LogP contribution in [-0.2, 0) is 4.79 Å². The third kappa shape index (κ3) is 1.65. The predicted octanol–water partition coefficient (Wildman–Crippen LogP) is 0.920. The van der Waals surface area contributed by atoms with Gasteiger partial charge in [-0.2, -0.15) is 0 Å². The van der Waals surface area contributed by atoms with Crippen LogP contribution in [0.1, 0.15) is 19.3 Å². The Morgan fingerprint density at radius 3 is 2.70 bits per heavy atom. The normalized spacial score (nSPS) is 30.0. The summed E-state index contributed by atoms with van der Waals surface area (Å²) in [7, 11) is 0. The first kappa shape index (κ1) is 7.44. The third-order valence-corrected chi connectivity index (χ3v) is 1.71. The van der Waals surface area contributed by atoms with Crippen molar-refractivity contribution in [1.82, 2.24) is 5.32 Å². The van der Waals surface area contributed by atoms with Crippen LogP contribution >= 0.6 is 0 Å². The highest BCUT2D eigenvalue weighted by Gasteiger charge is 2.39. The molecular formula is C6H9F2NO. The number of hydrogen-bond acceptors (Lipinski definition) is 1. The van der Waals surface area contributed by atoms with Gasteiger partial charge in [0.1, 0.15) is 0 Å². The molecule has 1 unspecified atom stereocenters. The Hall–Kier alpha value is -0.670. The SMILES string of the molecule is O=CNC1CCC(F)(F)C1. The summed E-state index contributed by atoms with van der Waals surface area (Å²) in [6.45, 7) is 0. The van der Waals surface area contributed by atoms with Gasteiger partial charge in [-0.1, -0.05) is 0 Å². The van der Waals surface area contributed by atoms with Crippen molar-refractivity contribution in [2.75, 3.05) is 0 Å². The van der Waals surface area contributed by atoms with Gasteiger partial charge < -0.3 is 5.32 Å². The third-order valence-electron chi connectivity index (χ3n) is 1.71. The van der Waals surface area contributed by atoms with Gasteiger partial charge >= 0.3 is 0 Å². The van der Waals surface area contributed by atoms with Gasteiger partial charge in [0.25, 0.3) is 0 Å². The highest BCUT2D eigenvalue weighted by Crippen LogP contribution is 2.34. The summed E-state index contributed by atoms with van der Waals surface area (Å²) < 4.78 is 24.7. The van der Waals surface area contributed by atoms with Crippen LogP contribution in [0.4, 0.5) is 8.78 Å². The fourth-order valence-corrected chi connectivity index (χ4v) is 1.19. The molecule has 2 nitrogen and oxygen atoms in total. The molecule has 1 N–H and O–H groups in total. The first-order valence-corrected chi connectivity index (χ1v) is 3.21. The zero-order valence-corrected chi connectivity index (χ0v) is 5.44. The van der Waals surface area contributed by atoms with E-state index in [0.717, 1.165) is 0 Å². The number of hydrogen-bond donors (Lipinski definition) is 1. The highest BCUT2D eigenvalue weighted by atomic mass is 19.3. The minimum absolute atomic E-state index is 0.0987. The highest BCUT2D eigenvalue weighted by molar-refractivity contribution is 5.46. The van der Waals surface area contributed by atoms with Crippen molar-refractivity contribution in [2.24, 2.45) is 0 Å². The summed E-state index contributed by atoms with van der Waals surface area (Å²) in [6.07, 6.45) is 0.571. The lowest BCUT2D eigenvalue weighted by Crippen LogP contribution is -2.26. The summed E-state index contributed by atoms with van der Waals surface area (Å²) in [6, 6.07) is -0.313. The Kier molecular flexibility index (Phi) is 1.87. The van der Waals surface area contributed by atoms with Crippen LogP contribution in [0.25, 0.3) is 0 Å². The Labute approximate surface area is 57.6 Å². The lowest BCUT2D eigenvalue weighted by molar-refractivity contribution is -0.110. The number of nitrogens with one attached hydrogen (secondary N) is 1. The monoisotopic (exact) mass is 149 g/mol. The number of alkyl halides is 2. The second-order valence-electron chi connectivity index (χ2n) is 2.58. The summed E-state index contributed by atoms with van der Waals surface area (Å²) in [4.78, 5) is 9.82. The zero-order valence-electron chi connectivity index (χ0n) is 5.44. The lowest BCUT2D eigenvalue weighted by atomic mass is 10.2. The van der Waals surface area contributed by atoms with E-state index in [1.165, 1.54) is 0 Å². The van der Waals surface area contributed by atoms with E-state index in [0.29, 0.717) is 12.8 Å². The lowest BCUT2D eigenvalue weighted by Gasteiger charge is -2.08. The van der Waals surface area contributed by atoms with E-state index < -0.39 is 5.92 Å². The van der Waals surface area contributed by atoms with Crippen LogP contribution < -0.4 is 5.32 Å². The summed E-state index contributed by atoms with van der Waals surface area (Å²) in [5.74, 6) is -2.55. The van der Waals surface area contributed by atoms with E-state index in [1.807, 2.05) is 0 Å². The van der Waals surface area contributed by atoms with Crippen molar-refractivity contribution in [3.8, 4) is 0 Å². The van der Waals surface area contributed by atoms with Crippen LogP contribution in [-0.4, -0.2) is 18.4 Å². The fourth-order valence-electron chi connectivity index (χ4n) is 1.19. The van der Waals surface area contributed by atoms with Gasteiger partial charge in [0, 0.05) is 18.9 Å². The molecule has 0 radical (unpaired) electrons. The summed E-state index contributed by atoms with van der Waals surface area (Å²) in [5, 5.41) is 2.34. The number of amides is 1. The molecule has 1 aliphatic carbocycles. The molecule has 0 aliphatic heterocycles. The van der Waals surface area contributed by atoms with Crippen LogP contribution in [0.3, 0.4) is 0 Å². The first-order chi connectivity index (χ1) is 4.64. The number of rotatable bonds is 2. The molecule has 0 aromatic carbocycles. The average Bonchev–Trinajstić information content (AvgIpc) is 2.12. The minimum Gasteiger partial charge on any atom is -0.356 e. The van der Waals surface area contributed by atoms with Crippen molar-refractivity contribution in [2.45, 2.75) is 31.2 Å². The number of carbonyl (C=O) groups is 1. The van der Waals surface area contributed by atoms with E-state index in [4.69, 9.17) is 0 Å². The number of halogens is 2. The van der Waals surface area contributed by atoms with Gasteiger partial charge in [-0.3, -0.25) is 4.79 Å². The Morgan fingerprint density at radius 2 is 2.30 bits per heavy atom. The molecule has 10 heavy (non-hydrogen) atoms. The van der Waals surface area contributed by atoms with Gasteiger partial charge in [-0.25, -0.2) is 8.78 Å². The maximum atomic E-state index is 12.4. The largest absolute Gasteiger partial charge is 0.356 e. The molecular weight excluding hydrogens is 140 g/mol. The molecule has 1 fully saturated rings. The molecule has 0 spiro atoms. The molecule has 0 aromatic heterocycles. The van der Waals surface area contributed by atoms with Gasteiger partial charge in [0.2, 0.25) is 12.3 Å². The molecule has 0 aromatic rings. The summed E-state index contributed by atoms with van der Waals surface area (Å²) in [5.41, 5.74) is 0. The molecule has 1 atom stereocenters. The first-order valence-electron chi connectivity index (χ1n) is 3.21. The quantitative estimate of drug-likeness (QED) is 0.581. The van der Waals surface area contributed by atoms with Crippen LogP contribution in [0.2, 0.25) is 0 Å². The van der Waals surface area contributed by atoms with Crippen LogP contribution in [0.15, 0.2) is 0 Å². The van der Waals surface area contributed by atoms with Gasteiger partial charge in [-0.05, 0) is 6.42 Å². The van der Waals surface area contributed by atoms with E-state index in [-0.39, 0.29) is 18.9 Å². The molecule has 58 valence electrons. The predicted molar refractivity (Wildman–Crippen MR) is 31.8 cm³/mol. The van der Waals surface area contributed by atoms with Crippen LogP contribution in [0.5, 0.6) is 0 Å². The van der Waals surface area contributed by atoms with Crippen molar-refractivity contribution in [3.63, 3.8) is 0 Å². The molecule has 1 aliphatic rings. The van der Waals surface area contributed by atoms with Crippen molar-refractivity contribution in [3.05, 3.63) is 0 Å². The average molecular weight is 149 g/mol. The van der Waals surface area contributed by atoms with E-state index >= 15 is 0 Å². The second kappa shape index (κ2) is 2.52. The maximum absolute atomic E-state index is 12.4. The van der Waals surface area contributed by atoms with Crippen LogP contribution in [0, 0.1) is 0 Å². The smallest absolute Gasteiger partial charge is 0.250 e. The van der Waals surface area contributed by atoms with E-state index in [9.17, 15) is 13.6 Å². The maximum Gasteiger partial charge on any atom is 0.250 e. The second-order valence-corrected chi connectivity index (χ2v) is 2.58. The Balaban J connectivity index is 2.35. The van der Waals surface area contributed by atoms with Crippen molar-refractivity contribution >= 4 is 6.41 Å². The van der Waals surface area contributed by atoms with Gasteiger partial charge in [0.15, 0.2) is 0 Å².